The van der Waals surface area contributed by atoms with Crippen molar-refractivity contribution in [2.24, 2.45) is 10.1 Å². The number of aromatic hydroxyl groups is 1. The van der Waals surface area contributed by atoms with Gasteiger partial charge in [-0.1, -0.05) is 12.1 Å². The number of phenolic OH excluding ortho intramolecular Hbond substituents is 1. The van der Waals surface area contributed by atoms with Crippen molar-refractivity contribution in [3.63, 3.8) is 0 Å². The number of pyridine rings is 1. The highest BCUT2D eigenvalue weighted by atomic mass is 32.1. The molecule has 0 saturated carbocycles. The average Bonchev–Trinajstić information content (AvgIpc) is 3.32. The minimum atomic E-state index is 0.164. The summed E-state index contributed by atoms with van der Waals surface area (Å²) >= 11 is 1.44. The molecule has 1 aromatic carbocycles. The Morgan fingerprint density at radius 2 is 2.04 bits per heavy atom. The van der Waals surface area contributed by atoms with Crippen molar-refractivity contribution >= 4 is 23.2 Å². The molecule has 0 unspecified atom stereocenters. The zero-order valence-electron chi connectivity index (χ0n) is 13.6. The summed E-state index contributed by atoms with van der Waals surface area (Å²) in [6.45, 7) is 0. The molecule has 7 heteroatoms. The van der Waals surface area contributed by atoms with Gasteiger partial charge in [-0.25, -0.2) is 9.67 Å². The van der Waals surface area contributed by atoms with E-state index in [0.29, 0.717) is 16.1 Å². The first-order chi connectivity index (χ1) is 12.8. The van der Waals surface area contributed by atoms with Crippen LogP contribution in [0.2, 0.25) is 0 Å². The van der Waals surface area contributed by atoms with Crippen molar-refractivity contribution in [3.8, 4) is 17.2 Å². The Labute approximate surface area is 153 Å². The van der Waals surface area contributed by atoms with Crippen LogP contribution in [0.15, 0.2) is 87.1 Å². The summed E-state index contributed by atoms with van der Waals surface area (Å²) in [5, 5.41) is 16.4. The zero-order chi connectivity index (χ0) is 17.8. The van der Waals surface area contributed by atoms with Crippen LogP contribution in [0.4, 0.5) is 5.69 Å². The quantitative estimate of drug-likeness (QED) is 0.557. The van der Waals surface area contributed by atoms with E-state index in [1.807, 2.05) is 35.7 Å². The predicted molar refractivity (Wildman–Crippen MR) is 101 cm³/mol. The molecular weight excluding hydrogens is 348 g/mol. The van der Waals surface area contributed by atoms with Crippen molar-refractivity contribution in [2.45, 2.75) is 0 Å². The lowest BCUT2D eigenvalue weighted by Crippen LogP contribution is -2.11. The molecular formula is C19H14N4O2S. The molecule has 0 atom stereocenters. The first-order valence-corrected chi connectivity index (χ1v) is 8.71. The lowest BCUT2D eigenvalue weighted by Gasteiger charge is -2.01. The molecule has 4 rings (SSSR count). The third-order valence-electron chi connectivity index (χ3n) is 3.58. The highest BCUT2D eigenvalue weighted by Crippen LogP contribution is 2.21. The van der Waals surface area contributed by atoms with E-state index in [1.165, 1.54) is 11.3 Å². The predicted octanol–water partition coefficient (Wildman–Crippen LogP) is 4.02. The summed E-state index contributed by atoms with van der Waals surface area (Å²) in [7, 11) is 0. The van der Waals surface area contributed by atoms with Gasteiger partial charge >= 0.3 is 0 Å². The van der Waals surface area contributed by atoms with Crippen molar-refractivity contribution < 1.29 is 9.52 Å². The Balaban J connectivity index is 1.84. The molecule has 0 amide bonds. The highest BCUT2D eigenvalue weighted by molar-refractivity contribution is 7.07. The maximum Gasteiger partial charge on any atom is 0.211 e. The Morgan fingerprint density at radius 1 is 1.12 bits per heavy atom. The van der Waals surface area contributed by atoms with E-state index in [0.717, 1.165) is 11.4 Å². The van der Waals surface area contributed by atoms with Gasteiger partial charge in [0.05, 0.1) is 24.4 Å². The smallest absolute Gasteiger partial charge is 0.211 e. The fourth-order valence-corrected chi connectivity index (χ4v) is 3.17. The Kier molecular flexibility index (Phi) is 4.44. The van der Waals surface area contributed by atoms with Gasteiger partial charge in [-0.3, -0.25) is 4.98 Å². The van der Waals surface area contributed by atoms with E-state index in [4.69, 9.17) is 4.42 Å². The molecule has 6 nitrogen and oxygen atoms in total. The molecule has 26 heavy (non-hydrogen) atoms. The molecule has 0 aliphatic heterocycles. The SMILES string of the molecule is Oc1ccccc1C=Nn1c(-c2ccco2)csc1=Nc1cccnc1. The topological polar surface area (TPSA) is 75.9 Å². The maximum absolute atomic E-state index is 9.95. The zero-order valence-corrected chi connectivity index (χ0v) is 14.4. The van der Waals surface area contributed by atoms with Crippen LogP contribution in [0.5, 0.6) is 5.75 Å². The molecule has 4 aromatic rings. The standard InChI is InChI=1S/C19H14N4O2S/c24-17-7-2-1-5-14(17)11-21-23-16(18-8-4-10-25-18)13-26-19(23)22-15-6-3-9-20-12-15/h1-13,24H. The summed E-state index contributed by atoms with van der Waals surface area (Å²) in [5.74, 6) is 0.848. The fourth-order valence-electron chi connectivity index (χ4n) is 2.33. The van der Waals surface area contributed by atoms with Gasteiger partial charge < -0.3 is 9.52 Å². The monoisotopic (exact) mass is 362 g/mol. The van der Waals surface area contributed by atoms with Crippen LogP contribution in [-0.4, -0.2) is 21.0 Å². The van der Waals surface area contributed by atoms with Crippen LogP contribution in [-0.2, 0) is 0 Å². The number of furan rings is 1. The number of nitrogens with zero attached hydrogens (tertiary/aromatic N) is 4. The number of rotatable bonds is 4. The minimum Gasteiger partial charge on any atom is -0.507 e. The molecule has 128 valence electrons. The van der Waals surface area contributed by atoms with Gasteiger partial charge in [-0.2, -0.15) is 5.10 Å². The molecule has 0 aliphatic rings. The molecule has 0 fully saturated rings. The van der Waals surface area contributed by atoms with Crippen molar-refractivity contribution in [1.29, 1.82) is 0 Å². The minimum absolute atomic E-state index is 0.164. The lowest BCUT2D eigenvalue weighted by atomic mass is 10.2. The highest BCUT2D eigenvalue weighted by Gasteiger charge is 2.10. The third-order valence-corrected chi connectivity index (χ3v) is 4.39. The van der Waals surface area contributed by atoms with Crippen LogP contribution in [0.3, 0.4) is 0 Å². The van der Waals surface area contributed by atoms with Crippen LogP contribution in [0, 0.1) is 0 Å². The number of hydrogen-bond donors (Lipinski definition) is 1. The van der Waals surface area contributed by atoms with Gasteiger partial charge in [0.2, 0.25) is 4.80 Å². The second-order valence-corrected chi connectivity index (χ2v) is 6.16. The second-order valence-electron chi connectivity index (χ2n) is 5.32. The van der Waals surface area contributed by atoms with E-state index in [-0.39, 0.29) is 5.75 Å². The molecule has 0 bridgehead atoms. The first kappa shape index (κ1) is 16.0. The fraction of sp³-hybridized carbons (Fsp3) is 0. The van der Waals surface area contributed by atoms with Crippen LogP contribution < -0.4 is 4.80 Å². The van der Waals surface area contributed by atoms with Crippen molar-refractivity contribution in [2.75, 3.05) is 0 Å². The number of para-hydroxylation sites is 1. The molecule has 0 radical (unpaired) electrons. The molecule has 0 aliphatic carbocycles. The largest absolute Gasteiger partial charge is 0.507 e. The Hall–Kier alpha value is -3.45. The second kappa shape index (κ2) is 7.20. The third kappa shape index (κ3) is 3.33. The van der Waals surface area contributed by atoms with Crippen LogP contribution in [0.25, 0.3) is 11.5 Å². The number of benzene rings is 1. The van der Waals surface area contributed by atoms with Crippen LogP contribution >= 0.6 is 11.3 Å². The molecule has 0 spiro atoms. The van der Waals surface area contributed by atoms with Gasteiger partial charge in [-0.15, -0.1) is 11.3 Å². The van der Waals surface area contributed by atoms with Gasteiger partial charge in [0.15, 0.2) is 5.76 Å². The van der Waals surface area contributed by atoms with E-state index >= 15 is 0 Å². The first-order valence-electron chi connectivity index (χ1n) is 7.83. The van der Waals surface area contributed by atoms with Gasteiger partial charge in [0.1, 0.15) is 11.4 Å². The summed E-state index contributed by atoms with van der Waals surface area (Å²) in [6.07, 6.45) is 6.59. The average molecular weight is 362 g/mol. The Morgan fingerprint density at radius 3 is 2.81 bits per heavy atom. The van der Waals surface area contributed by atoms with E-state index in [9.17, 15) is 5.11 Å². The van der Waals surface area contributed by atoms with E-state index < -0.39 is 0 Å². The van der Waals surface area contributed by atoms with Gasteiger partial charge in [0.25, 0.3) is 0 Å². The van der Waals surface area contributed by atoms with Crippen LogP contribution in [0.1, 0.15) is 5.56 Å². The molecule has 1 N–H and O–H groups in total. The molecule has 0 saturated heterocycles. The number of aromatic nitrogens is 2. The summed E-state index contributed by atoms with van der Waals surface area (Å²) in [5.41, 5.74) is 2.12. The molecule has 3 aromatic heterocycles. The Bertz CT molecular complexity index is 1100. The maximum atomic E-state index is 9.95. The lowest BCUT2D eigenvalue weighted by molar-refractivity contribution is 0.474. The van der Waals surface area contributed by atoms with E-state index in [2.05, 4.69) is 15.1 Å². The normalized spacial score (nSPS) is 12.1. The van der Waals surface area contributed by atoms with Crippen molar-refractivity contribution in [1.82, 2.24) is 9.66 Å². The summed E-state index contributed by atoms with van der Waals surface area (Å²) in [4.78, 5) is 9.35. The number of phenols is 1. The number of hydrogen-bond acceptors (Lipinski definition) is 6. The summed E-state index contributed by atoms with van der Waals surface area (Å²) < 4.78 is 7.19. The van der Waals surface area contributed by atoms with Gasteiger partial charge in [-0.05, 0) is 36.4 Å². The van der Waals surface area contributed by atoms with Crippen molar-refractivity contribution in [3.05, 3.63) is 82.9 Å². The number of thiazole rings is 1. The molecule has 3 heterocycles. The van der Waals surface area contributed by atoms with Gasteiger partial charge in [0, 0.05) is 17.1 Å². The van der Waals surface area contributed by atoms with E-state index in [1.54, 1.807) is 47.7 Å². The summed E-state index contributed by atoms with van der Waals surface area (Å²) in [6, 6.07) is 14.4.